The molecule has 0 aromatic heterocycles. The van der Waals surface area contributed by atoms with E-state index in [1.807, 2.05) is 0 Å². The molecule has 0 aromatic carbocycles. The van der Waals surface area contributed by atoms with E-state index < -0.39 is 0 Å². The summed E-state index contributed by atoms with van der Waals surface area (Å²) in [4.78, 5) is 0. The Balaban J connectivity index is 0. The third-order valence-electron chi connectivity index (χ3n) is 0. The average molecular weight is 185 g/mol. The fraction of sp³-hybridized carbons (Fsp3) is 0. The molecule has 0 spiro atoms. The van der Waals surface area contributed by atoms with Crippen LogP contribution in [0.4, 0.5) is 0 Å². The predicted molar refractivity (Wildman–Crippen MR) is 11.7 cm³/mol. The second-order valence-electron chi connectivity index (χ2n) is 0.0505. The summed E-state index contributed by atoms with van der Waals surface area (Å²) in [6, 6.07) is 0. The van der Waals surface area contributed by atoms with E-state index in [0.29, 0.717) is 0 Å². The molecule has 0 saturated heterocycles. The van der Waals surface area contributed by atoms with Crippen LogP contribution in [0.25, 0.3) is 0 Å². The van der Waals surface area contributed by atoms with Crippen LogP contribution in [0, 0.1) is 0 Å². The fourth-order valence-electron chi connectivity index (χ4n) is 0. The molecule has 0 bridgehead atoms. The van der Waals surface area contributed by atoms with Crippen LogP contribution in [0.5, 0.6) is 0 Å². The molecule has 0 aliphatic rings. The van der Waals surface area contributed by atoms with E-state index in [4.69, 9.17) is 20.2 Å². The van der Waals surface area contributed by atoms with Gasteiger partial charge < -0.3 is 0 Å². The van der Waals surface area contributed by atoms with Crippen LogP contribution in [0.1, 0.15) is 0 Å². The second-order valence-corrected chi connectivity index (χ2v) is 1.87. The van der Waals surface area contributed by atoms with E-state index in [-0.39, 0.29) is 29.6 Å². The molecule has 0 atom stereocenters. The Kier molecular flexibility index (Phi) is 20.1. The summed E-state index contributed by atoms with van der Waals surface area (Å²) in [5.41, 5.74) is 0. The first-order valence-corrected chi connectivity index (χ1v) is 3.31. The molecule has 0 N–H and O–H groups in total. The van der Waals surface area contributed by atoms with Crippen molar-refractivity contribution in [3.63, 3.8) is 0 Å². The van der Waals surface area contributed by atoms with Crippen LogP contribution >= 0.6 is 20.2 Å². The van der Waals surface area contributed by atoms with Gasteiger partial charge in [-0.15, -0.1) is 0 Å². The fourth-order valence-corrected chi connectivity index (χ4v) is 0. The molecule has 4 heteroatoms. The maximum atomic E-state index is 4.76. The van der Waals surface area contributed by atoms with E-state index in [2.05, 4.69) is 0 Å². The summed E-state index contributed by atoms with van der Waals surface area (Å²) in [6.07, 6.45) is 0. The summed E-state index contributed by atoms with van der Waals surface area (Å²) in [7, 11) is 9.53. The first kappa shape index (κ1) is 9.14. The van der Waals surface area contributed by atoms with Crippen molar-refractivity contribution in [3.05, 3.63) is 0 Å². The Labute approximate surface area is 49.8 Å². The molecule has 0 aliphatic carbocycles. The maximum Gasteiger partial charge on any atom is 0 e. The van der Waals surface area contributed by atoms with Crippen molar-refractivity contribution >= 4 is 20.2 Å². The zero-order valence-corrected chi connectivity index (χ0v) is 5.03. The SMILES string of the molecule is [Cl][Fe][Cl].[Ni]. The molecular weight excluding hydrogens is 185 g/mol. The smallest absolute Gasteiger partial charge is 0 e. The Hall–Kier alpha value is 1.59. The van der Waals surface area contributed by atoms with Crippen molar-refractivity contribution in [1.82, 2.24) is 0 Å². The van der Waals surface area contributed by atoms with Gasteiger partial charge in [0, 0.05) is 16.5 Å². The Morgan fingerprint density at radius 3 is 1.25 bits per heavy atom. The van der Waals surface area contributed by atoms with Crippen LogP contribution in [0.15, 0.2) is 0 Å². The van der Waals surface area contributed by atoms with Gasteiger partial charge in [0.2, 0.25) is 0 Å². The average Bonchev–Trinajstić information content (AvgIpc) is 0.918. The van der Waals surface area contributed by atoms with Gasteiger partial charge in [0.1, 0.15) is 0 Å². The molecule has 0 aromatic rings. The molecule has 0 heterocycles. The van der Waals surface area contributed by atoms with Gasteiger partial charge in [-0.05, 0) is 0 Å². The molecule has 0 rings (SSSR count). The van der Waals surface area contributed by atoms with Crippen LogP contribution in [-0.4, -0.2) is 0 Å². The van der Waals surface area contributed by atoms with Gasteiger partial charge in [0.15, 0.2) is 0 Å². The van der Waals surface area contributed by atoms with Gasteiger partial charge >= 0.3 is 33.3 Å². The summed E-state index contributed by atoms with van der Waals surface area (Å²) in [6.45, 7) is 0. The monoisotopic (exact) mass is 184 g/mol. The minimum atomic E-state index is 0. The van der Waals surface area contributed by atoms with Crippen LogP contribution in [-0.2, 0) is 29.6 Å². The van der Waals surface area contributed by atoms with Crippen molar-refractivity contribution in [3.8, 4) is 0 Å². The van der Waals surface area contributed by atoms with Crippen molar-refractivity contribution in [2.75, 3.05) is 0 Å². The van der Waals surface area contributed by atoms with Gasteiger partial charge in [-0.1, -0.05) is 0 Å². The van der Waals surface area contributed by atoms with Crippen LogP contribution < -0.4 is 0 Å². The molecule has 0 unspecified atom stereocenters. The van der Waals surface area contributed by atoms with Gasteiger partial charge in [0.05, 0.1) is 0 Å². The summed E-state index contributed by atoms with van der Waals surface area (Å²) >= 11 is 0.194. The zero-order valence-electron chi connectivity index (χ0n) is 1.43. The van der Waals surface area contributed by atoms with Gasteiger partial charge in [0.25, 0.3) is 0 Å². The largest absolute Gasteiger partial charge is 0 e. The quantitative estimate of drug-likeness (QED) is 0.500. The van der Waals surface area contributed by atoms with Crippen molar-refractivity contribution in [2.24, 2.45) is 0 Å². The summed E-state index contributed by atoms with van der Waals surface area (Å²) in [5.74, 6) is 0. The topological polar surface area (TPSA) is 0 Å². The summed E-state index contributed by atoms with van der Waals surface area (Å²) in [5, 5.41) is 0. The van der Waals surface area contributed by atoms with Gasteiger partial charge in [-0.2, -0.15) is 0 Å². The van der Waals surface area contributed by atoms with Crippen molar-refractivity contribution in [2.45, 2.75) is 0 Å². The minimum Gasteiger partial charge on any atom is 0 e. The van der Waals surface area contributed by atoms with Gasteiger partial charge in [-0.3, -0.25) is 0 Å². The molecule has 0 nitrogen and oxygen atoms in total. The van der Waals surface area contributed by atoms with E-state index in [9.17, 15) is 0 Å². The number of halogens is 2. The first-order valence-electron chi connectivity index (χ1n) is 0.267. The maximum absolute atomic E-state index is 4.76. The van der Waals surface area contributed by atoms with E-state index >= 15 is 0 Å². The molecule has 0 amide bonds. The van der Waals surface area contributed by atoms with Crippen molar-refractivity contribution < 1.29 is 29.6 Å². The molecule has 4 heavy (non-hydrogen) atoms. The summed E-state index contributed by atoms with van der Waals surface area (Å²) < 4.78 is 0. The van der Waals surface area contributed by atoms with E-state index in [1.54, 1.807) is 0 Å². The standard InChI is InChI=1S/2ClH.Fe.Ni/h2*1H;;/q;;+2;/p-2. The predicted octanol–water partition coefficient (Wildman–Crippen LogP) is 1.37. The second kappa shape index (κ2) is 8.82. The Morgan fingerprint density at radius 1 is 1.25 bits per heavy atom. The van der Waals surface area contributed by atoms with Gasteiger partial charge in [-0.25, -0.2) is 0 Å². The van der Waals surface area contributed by atoms with Crippen LogP contribution in [0.2, 0.25) is 0 Å². The van der Waals surface area contributed by atoms with E-state index in [1.165, 1.54) is 0 Å². The van der Waals surface area contributed by atoms with Crippen molar-refractivity contribution in [1.29, 1.82) is 0 Å². The number of hydrogen-bond donors (Lipinski definition) is 0. The molecule has 0 saturated carbocycles. The van der Waals surface area contributed by atoms with Crippen LogP contribution in [0.3, 0.4) is 0 Å². The molecule has 0 aliphatic heterocycles. The molecule has 0 fully saturated rings. The third-order valence-corrected chi connectivity index (χ3v) is 0. The van der Waals surface area contributed by atoms with E-state index in [0.717, 1.165) is 0 Å². The Morgan fingerprint density at radius 2 is 1.25 bits per heavy atom. The first-order chi connectivity index (χ1) is 1.41. The normalized spacial score (nSPS) is 5.50. The third kappa shape index (κ3) is 9.52. The number of hydrogen-bond acceptors (Lipinski definition) is 0. The minimum absolute atomic E-state index is 0. The molecule has 0 radical (unpaired) electrons. The Bertz CT molecular complexity index is 6.00. The molecule has 32 valence electrons. The number of rotatable bonds is 0. The molecular formula is Cl2FeNi. The zero-order chi connectivity index (χ0) is 2.71.